The topological polar surface area (TPSA) is 57.6 Å². The molecule has 2 bridgehead atoms. The second-order valence-electron chi connectivity index (χ2n) is 4.54. The van der Waals surface area contributed by atoms with Gasteiger partial charge in [0.05, 0.1) is 5.92 Å². The lowest BCUT2D eigenvalue weighted by Gasteiger charge is -2.35. The summed E-state index contributed by atoms with van der Waals surface area (Å²) in [6.45, 7) is 0. The molecule has 7 heteroatoms. The Morgan fingerprint density at radius 1 is 1.24 bits per heavy atom. The number of fused-ring (bicyclic) bond motifs is 2. The first-order valence-corrected chi connectivity index (χ1v) is 5.44. The highest BCUT2D eigenvalue weighted by molar-refractivity contribution is 5.84. The Bertz CT molecular complexity index is 355. The van der Waals surface area contributed by atoms with Gasteiger partial charge in [-0.25, -0.2) is 0 Å². The fraction of sp³-hybridized carbons (Fsp3) is 0.800. The lowest BCUT2D eigenvalue weighted by atomic mass is 9.97. The van der Waals surface area contributed by atoms with Crippen LogP contribution in [0.4, 0.5) is 13.2 Å². The molecule has 2 fully saturated rings. The summed E-state index contributed by atoms with van der Waals surface area (Å²) in [5.74, 6) is -3.86. The quantitative estimate of drug-likeness (QED) is 0.766. The first-order chi connectivity index (χ1) is 7.82. The highest BCUT2D eigenvalue weighted by Crippen LogP contribution is 2.41. The van der Waals surface area contributed by atoms with Crippen LogP contribution in [0.2, 0.25) is 0 Å². The predicted molar refractivity (Wildman–Crippen MR) is 50.1 cm³/mol. The Hall–Kier alpha value is -1.27. The highest BCUT2D eigenvalue weighted by Gasteiger charge is 2.55. The van der Waals surface area contributed by atoms with Crippen molar-refractivity contribution in [1.29, 1.82) is 0 Å². The summed E-state index contributed by atoms with van der Waals surface area (Å²) in [6.07, 6.45) is -3.29. The number of rotatable bonds is 1. The van der Waals surface area contributed by atoms with Gasteiger partial charge in [0.15, 0.2) is 0 Å². The molecule has 0 radical (unpaired) electrons. The number of amides is 1. The van der Waals surface area contributed by atoms with Gasteiger partial charge in [0.1, 0.15) is 0 Å². The van der Waals surface area contributed by atoms with E-state index in [4.69, 9.17) is 5.11 Å². The maximum Gasteiger partial charge on any atom is 0.471 e. The number of carboxylic acids is 1. The fourth-order valence-corrected chi connectivity index (χ4v) is 2.92. The molecule has 2 heterocycles. The van der Waals surface area contributed by atoms with Gasteiger partial charge in [-0.2, -0.15) is 13.2 Å². The van der Waals surface area contributed by atoms with E-state index in [1.807, 2.05) is 0 Å². The van der Waals surface area contributed by atoms with Crippen molar-refractivity contribution in [2.45, 2.75) is 43.9 Å². The largest absolute Gasteiger partial charge is 0.481 e. The number of halogens is 3. The van der Waals surface area contributed by atoms with Crippen molar-refractivity contribution >= 4 is 11.9 Å². The van der Waals surface area contributed by atoms with Crippen LogP contribution in [0.5, 0.6) is 0 Å². The van der Waals surface area contributed by atoms with E-state index in [1.54, 1.807) is 0 Å². The first kappa shape index (κ1) is 12.2. The number of carbonyl (C=O) groups is 2. The van der Waals surface area contributed by atoms with E-state index >= 15 is 0 Å². The van der Waals surface area contributed by atoms with E-state index in [2.05, 4.69) is 0 Å². The Labute approximate surface area is 95.4 Å². The number of aliphatic carboxylic acids is 1. The smallest absolute Gasteiger partial charge is 0.471 e. The molecule has 2 aliphatic heterocycles. The van der Waals surface area contributed by atoms with Crippen LogP contribution in [0.25, 0.3) is 0 Å². The Balaban J connectivity index is 2.25. The van der Waals surface area contributed by atoms with E-state index in [9.17, 15) is 22.8 Å². The third-order valence-electron chi connectivity index (χ3n) is 3.57. The Morgan fingerprint density at radius 2 is 1.88 bits per heavy atom. The van der Waals surface area contributed by atoms with Crippen molar-refractivity contribution < 1.29 is 27.9 Å². The molecule has 0 aromatic carbocycles. The van der Waals surface area contributed by atoms with Crippen LogP contribution in [0, 0.1) is 5.92 Å². The minimum Gasteiger partial charge on any atom is -0.481 e. The molecule has 0 spiro atoms. The third kappa shape index (κ3) is 1.98. The van der Waals surface area contributed by atoms with Gasteiger partial charge in [-0.1, -0.05) is 0 Å². The van der Waals surface area contributed by atoms with Gasteiger partial charge >= 0.3 is 18.1 Å². The van der Waals surface area contributed by atoms with Crippen LogP contribution in [0.15, 0.2) is 0 Å². The standard InChI is InChI=1S/C10H12F3NO3/c11-10(12,13)9(17)14-5-2-1-3-7(14)6(4-5)8(15)16/h5-7H,1-4H2,(H,15,16)/t5-,6-,7+/m1/s1. The normalized spacial score (nSPS) is 32.6. The van der Waals surface area contributed by atoms with Crippen molar-refractivity contribution in [3.63, 3.8) is 0 Å². The van der Waals surface area contributed by atoms with Crippen LogP contribution in [-0.2, 0) is 9.59 Å². The van der Waals surface area contributed by atoms with Crippen molar-refractivity contribution in [2.75, 3.05) is 0 Å². The minimum atomic E-state index is -4.92. The van der Waals surface area contributed by atoms with Gasteiger partial charge < -0.3 is 10.0 Å². The molecule has 0 aromatic rings. The second kappa shape index (κ2) is 3.89. The summed E-state index contributed by atoms with van der Waals surface area (Å²) in [6, 6.07) is -1.36. The Morgan fingerprint density at radius 3 is 2.41 bits per heavy atom. The van der Waals surface area contributed by atoms with Gasteiger partial charge in [0.25, 0.3) is 0 Å². The number of hydrogen-bond donors (Lipinski definition) is 1. The van der Waals surface area contributed by atoms with Crippen LogP contribution in [0.1, 0.15) is 25.7 Å². The predicted octanol–water partition coefficient (Wildman–Crippen LogP) is 1.40. The van der Waals surface area contributed by atoms with Gasteiger partial charge in [-0.3, -0.25) is 9.59 Å². The molecule has 0 aliphatic carbocycles. The maximum atomic E-state index is 12.4. The van der Waals surface area contributed by atoms with E-state index in [-0.39, 0.29) is 6.42 Å². The van der Waals surface area contributed by atoms with Gasteiger partial charge in [0, 0.05) is 12.1 Å². The summed E-state index contributed by atoms with van der Waals surface area (Å²) < 4.78 is 37.2. The third-order valence-corrected chi connectivity index (χ3v) is 3.57. The number of alkyl halides is 3. The molecule has 3 atom stereocenters. The van der Waals surface area contributed by atoms with Gasteiger partial charge in [-0.15, -0.1) is 0 Å². The van der Waals surface area contributed by atoms with Gasteiger partial charge in [0.2, 0.25) is 0 Å². The highest BCUT2D eigenvalue weighted by atomic mass is 19.4. The maximum absolute atomic E-state index is 12.4. The van der Waals surface area contributed by atoms with Crippen molar-refractivity contribution in [3.8, 4) is 0 Å². The molecule has 1 N–H and O–H groups in total. The first-order valence-electron chi connectivity index (χ1n) is 5.44. The number of hydrogen-bond acceptors (Lipinski definition) is 2. The van der Waals surface area contributed by atoms with Crippen LogP contribution >= 0.6 is 0 Å². The summed E-state index contributed by atoms with van der Waals surface area (Å²) in [4.78, 5) is 23.0. The van der Waals surface area contributed by atoms with E-state index in [0.717, 1.165) is 4.90 Å². The SMILES string of the molecule is O=C(O)[C@@H]1C[C@H]2CCC[C@@H]1N2C(=O)C(F)(F)F. The minimum absolute atomic E-state index is 0.141. The fourth-order valence-electron chi connectivity index (χ4n) is 2.92. The molecule has 1 amide bonds. The summed E-state index contributed by atoms with van der Waals surface area (Å²) in [7, 11) is 0. The van der Waals surface area contributed by atoms with Gasteiger partial charge in [-0.05, 0) is 25.7 Å². The molecular formula is C10H12F3NO3. The molecule has 0 saturated carbocycles. The van der Waals surface area contributed by atoms with E-state index in [1.165, 1.54) is 0 Å². The van der Waals surface area contributed by atoms with E-state index in [0.29, 0.717) is 19.3 Å². The molecular weight excluding hydrogens is 239 g/mol. The average molecular weight is 251 g/mol. The molecule has 2 aliphatic rings. The molecule has 17 heavy (non-hydrogen) atoms. The number of carboxylic acid groups (broad SMARTS) is 1. The summed E-state index contributed by atoms with van der Waals surface area (Å²) in [5.41, 5.74) is 0. The molecule has 0 unspecified atom stereocenters. The van der Waals surface area contributed by atoms with Crippen LogP contribution in [0.3, 0.4) is 0 Å². The number of piperidine rings is 1. The van der Waals surface area contributed by atoms with Crippen LogP contribution < -0.4 is 0 Å². The number of nitrogens with zero attached hydrogens (tertiary/aromatic N) is 1. The van der Waals surface area contributed by atoms with Crippen molar-refractivity contribution in [2.24, 2.45) is 5.92 Å². The Kier molecular flexibility index (Phi) is 2.79. The molecule has 4 nitrogen and oxygen atoms in total. The van der Waals surface area contributed by atoms with Crippen molar-refractivity contribution in [1.82, 2.24) is 4.90 Å². The molecule has 0 aromatic heterocycles. The zero-order chi connectivity index (χ0) is 12.8. The second-order valence-corrected chi connectivity index (χ2v) is 4.54. The zero-order valence-electron chi connectivity index (χ0n) is 8.91. The zero-order valence-corrected chi connectivity index (χ0v) is 8.91. The molecule has 2 rings (SSSR count). The summed E-state index contributed by atoms with van der Waals surface area (Å²) >= 11 is 0. The monoisotopic (exact) mass is 251 g/mol. The molecule has 96 valence electrons. The summed E-state index contributed by atoms with van der Waals surface area (Å²) in [5, 5.41) is 8.94. The average Bonchev–Trinajstić information content (AvgIpc) is 2.42. The van der Waals surface area contributed by atoms with Crippen LogP contribution in [-0.4, -0.2) is 40.1 Å². The lowest BCUT2D eigenvalue weighted by molar-refractivity contribution is -0.190. The van der Waals surface area contributed by atoms with E-state index < -0.39 is 36.1 Å². The number of carbonyl (C=O) groups excluding carboxylic acids is 1. The molecule has 2 saturated heterocycles. The van der Waals surface area contributed by atoms with Crippen molar-refractivity contribution in [3.05, 3.63) is 0 Å². The lowest BCUT2D eigenvalue weighted by Crippen LogP contribution is -2.51.